The van der Waals surface area contributed by atoms with Crippen LogP contribution in [0.25, 0.3) is 0 Å². The fourth-order valence-electron chi connectivity index (χ4n) is 5.71. The number of rotatable bonds is 3. The SMILES string of the molecule is NC(C(=O)O)(c1cc[nH]c1)C1C2CC3CC(C2)CC1C3. The summed E-state index contributed by atoms with van der Waals surface area (Å²) in [5.41, 5.74) is 6.03. The van der Waals surface area contributed by atoms with E-state index in [9.17, 15) is 9.90 Å². The van der Waals surface area contributed by atoms with Crippen LogP contribution in [0.1, 0.15) is 37.7 Å². The van der Waals surface area contributed by atoms with E-state index in [1.165, 1.54) is 32.1 Å². The molecule has 4 aliphatic carbocycles. The van der Waals surface area contributed by atoms with Crippen LogP contribution in [0, 0.1) is 29.6 Å². The zero-order valence-electron chi connectivity index (χ0n) is 11.6. The number of hydrogen-bond acceptors (Lipinski definition) is 2. The monoisotopic (exact) mass is 274 g/mol. The normalized spacial score (nSPS) is 41.5. The number of carbonyl (C=O) groups is 1. The smallest absolute Gasteiger partial charge is 0.328 e. The molecule has 1 unspecified atom stereocenters. The minimum absolute atomic E-state index is 0.101. The lowest BCUT2D eigenvalue weighted by atomic mass is 9.47. The summed E-state index contributed by atoms with van der Waals surface area (Å²) in [7, 11) is 0. The largest absolute Gasteiger partial charge is 0.480 e. The molecule has 20 heavy (non-hydrogen) atoms. The summed E-state index contributed by atoms with van der Waals surface area (Å²) in [6, 6.07) is 1.83. The van der Waals surface area contributed by atoms with Crippen molar-refractivity contribution in [1.82, 2.24) is 4.98 Å². The first-order valence-corrected chi connectivity index (χ1v) is 7.74. The van der Waals surface area contributed by atoms with Crippen LogP contribution >= 0.6 is 0 Å². The number of aromatic nitrogens is 1. The summed E-state index contributed by atoms with van der Waals surface area (Å²) in [5.74, 6) is 1.90. The highest BCUT2D eigenvalue weighted by Crippen LogP contribution is 2.60. The average molecular weight is 274 g/mol. The highest BCUT2D eigenvalue weighted by Gasteiger charge is 2.58. The van der Waals surface area contributed by atoms with Gasteiger partial charge in [-0.3, -0.25) is 0 Å². The van der Waals surface area contributed by atoms with E-state index in [0.29, 0.717) is 11.8 Å². The minimum atomic E-state index is -1.22. The van der Waals surface area contributed by atoms with Crippen molar-refractivity contribution in [1.29, 1.82) is 0 Å². The molecule has 4 N–H and O–H groups in total. The minimum Gasteiger partial charge on any atom is -0.480 e. The van der Waals surface area contributed by atoms with Crippen molar-refractivity contribution in [2.45, 2.75) is 37.6 Å². The summed E-state index contributed by atoms with van der Waals surface area (Å²) in [6.07, 6.45) is 9.66. The van der Waals surface area contributed by atoms with Gasteiger partial charge in [-0.2, -0.15) is 0 Å². The van der Waals surface area contributed by atoms with Gasteiger partial charge >= 0.3 is 5.97 Å². The number of H-pyrrole nitrogens is 1. The molecule has 108 valence electrons. The fraction of sp³-hybridized carbons (Fsp3) is 0.688. The summed E-state index contributed by atoms with van der Waals surface area (Å²) in [5, 5.41) is 9.85. The molecule has 1 heterocycles. The molecule has 4 bridgehead atoms. The number of nitrogens with two attached hydrogens (primary N) is 1. The van der Waals surface area contributed by atoms with Crippen LogP contribution in [0.2, 0.25) is 0 Å². The Hall–Kier alpha value is -1.29. The van der Waals surface area contributed by atoms with Crippen LogP contribution in [-0.4, -0.2) is 16.1 Å². The van der Waals surface area contributed by atoms with Gasteiger partial charge in [-0.1, -0.05) is 0 Å². The van der Waals surface area contributed by atoms with E-state index in [1.807, 2.05) is 6.07 Å². The lowest BCUT2D eigenvalue weighted by Crippen LogP contribution is -2.60. The Morgan fingerprint density at radius 1 is 1.20 bits per heavy atom. The first kappa shape index (κ1) is 12.5. The second-order valence-corrected chi connectivity index (χ2v) is 7.23. The lowest BCUT2D eigenvalue weighted by molar-refractivity contribution is -0.155. The third-order valence-corrected chi connectivity index (χ3v) is 6.18. The molecule has 0 spiro atoms. The highest BCUT2D eigenvalue weighted by molar-refractivity contribution is 5.81. The average Bonchev–Trinajstić information content (AvgIpc) is 2.90. The Morgan fingerprint density at radius 2 is 1.80 bits per heavy atom. The molecule has 4 aliphatic rings. The predicted molar refractivity (Wildman–Crippen MR) is 74.8 cm³/mol. The van der Waals surface area contributed by atoms with Crippen molar-refractivity contribution in [3.05, 3.63) is 24.0 Å². The maximum atomic E-state index is 12.0. The van der Waals surface area contributed by atoms with E-state index >= 15 is 0 Å². The summed E-state index contributed by atoms with van der Waals surface area (Å²) in [6.45, 7) is 0. The van der Waals surface area contributed by atoms with Gasteiger partial charge in [0.25, 0.3) is 0 Å². The molecule has 4 heteroatoms. The summed E-state index contributed by atoms with van der Waals surface area (Å²) >= 11 is 0. The topological polar surface area (TPSA) is 79.1 Å². The van der Waals surface area contributed by atoms with Crippen molar-refractivity contribution < 1.29 is 9.90 Å². The molecule has 0 aromatic carbocycles. The second kappa shape index (κ2) is 4.10. The Morgan fingerprint density at radius 3 is 2.25 bits per heavy atom. The summed E-state index contributed by atoms with van der Waals surface area (Å²) in [4.78, 5) is 15.0. The maximum Gasteiger partial charge on any atom is 0.328 e. The van der Waals surface area contributed by atoms with Crippen LogP contribution in [0.5, 0.6) is 0 Å². The quantitative estimate of drug-likeness (QED) is 0.791. The Bertz CT molecular complexity index is 497. The van der Waals surface area contributed by atoms with Crippen molar-refractivity contribution in [2.24, 2.45) is 35.3 Å². The zero-order chi connectivity index (χ0) is 13.9. The molecular weight excluding hydrogens is 252 g/mol. The lowest BCUT2D eigenvalue weighted by Gasteiger charge is -2.58. The Balaban J connectivity index is 1.76. The number of nitrogens with one attached hydrogen (secondary N) is 1. The van der Waals surface area contributed by atoms with Gasteiger partial charge in [0.2, 0.25) is 0 Å². The van der Waals surface area contributed by atoms with Crippen LogP contribution < -0.4 is 5.73 Å². The van der Waals surface area contributed by atoms with Crippen molar-refractivity contribution >= 4 is 5.97 Å². The van der Waals surface area contributed by atoms with E-state index in [4.69, 9.17) is 5.73 Å². The van der Waals surface area contributed by atoms with Gasteiger partial charge in [-0.25, -0.2) is 4.79 Å². The van der Waals surface area contributed by atoms with Gasteiger partial charge in [0.15, 0.2) is 0 Å². The second-order valence-electron chi connectivity index (χ2n) is 7.23. The fourth-order valence-corrected chi connectivity index (χ4v) is 5.71. The van der Waals surface area contributed by atoms with Gasteiger partial charge < -0.3 is 15.8 Å². The molecule has 4 saturated carbocycles. The van der Waals surface area contributed by atoms with Gasteiger partial charge in [-0.15, -0.1) is 0 Å². The molecule has 5 rings (SSSR count). The maximum absolute atomic E-state index is 12.0. The molecule has 4 nitrogen and oxygen atoms in total. The molecule has 0 aliphatic heterocycles. The number of aromatic amines is 1. The summed E-state index contributed by atoms with van der Waals surface area (Å²) < 4.78 is 0. The number of aliphatic carboxylic acids is 1. The van der Waals surface area contributed by atoms with E-state index in [1.54, 1.807) is 12.4 Å². The van der Waals surface area contributed by atoms with E-state index < -0.39 is 11.5 Å². The number of carboxylic acids is 1. The standard InChI is InChI=1S/C16H22N2O2/c17-16(15(19)20,13-1-2-18-8-13)14-11-4-9-3-10(6-11)7-12(14)5-9/h1-2,8-12,14,18H,3-7,17H2,(H,19,20). The third kappa shape index (κ3) is 1.54. The molecular formula is C16H22N2O2. The van der Waals surface area contributed by atoms with E-state index in [0.717, 1.165) is 17.4 Å². The van der Waals surface area contributed by atoms with E-state index in [-0.39, 0.29) is 5.92 Å². The van der Waals surface area contributed by atoms with Crippen LogP contribution in [0.3, 0.4) is 0 Å². The molecule has 1 atom stereocenters. The molecule has 0 saturated heterocycles. The predicted octanol–water partition coefficient (Wildman–Crippen LogP) is 2.33. The molecule has 1 aromatic heterocycles. The van der Waals surface area contributed by atoms with Gasteiger partial charge in [-0.05, 0) is 67.8 Å². The van der Waals surface area contributed by atoms with Gasteiger partial charge in [0, 0.05) is 18.0 Å². The molecule has 4 fully saturated rings. The van der Waals surface area contributed by atoms with Crippen molar-refractivity contribution in [3.8, 4) is 0 Å². The first-order valence-electron chi connectivity index (χ1n) is 7.74. The van der Waals surface area contributed by atoms with Crippen molar-refractivity contribution in [2.75, 3.05) is 0 Å². The first-order chi connectivity index (χ1) is 9.59. The number of hydrogen-bond donors (Lipinski definition) is 3. The van der Waals surface area contributed by atoms with Crippen molar-refractivity contribution in [3.63, 3.8) is 0 Å². The molecule has 0 amide bonds. The molecule has 1 aromatic rings. The Labute approximate surface area is 118 Å². The van der Waals surface area contributed by atoms with Gasteiger partial charge in [0.1, 0.15) is 5.54 Å². The van der Waals surface area contributed by atoms with Crippen LogP contribution in [0.4, 0.5) is 0 Å². The Kier molecular flexibility index (Phi) is 2.56. The highest BCUT2D eigenvalue weighted by atomic mass is 16.4. The van der Waals surface area contributed by atoms with E-state index in [2.05, 4.69) is 4.98 Å². The third-order valence-electron chi connectivity index (χ3n) is 6.18. The molecule has 0 radical (unpaired) electrons. The van der Waals surface area contributed by atoms with Crippen LogP contribution in [0.15, 0.2) is 18.5 Å². The van der Waals surface area contributed by atoms with Crippen LogP contribution in [-0.2, 0) is 10.3 Å². The zero-order valence-corrected chi connectivity index (χ0v) is 11.6. The number of carboxylic acid groups (broad SMARTS) is 1. The van der Waals surface area contributed by atoms with Gasteiger partial charge in [0.05, 0.1) is 0 Å².